The molecule has 0 saturated heterocycles. The van der Waals surface area contributed by atoms with Crippen LogP contribution in [0.2, 0.25) is 10.0 Å². The predicted molar refractivity (Wildman–Crippen MR) is 147 cm³/mol. The Bertz CT molecular complexity index is 1150. The van der Waals surface area contributed by atoms with E-state index in [-0.39, 0.29) is 37.7 Å². The summed E-state index contributed by atoms with van der Waals surface area (Å²) in [7, 11) is -3.53. The van der Waals surface area contributed by atoms with E-state index in [9.17, 15) is 18.0 Å². The second-order valence-corrected chi connectivity index (χ2v) is 12.4. The van der Waals surface area contributed by atoms with Crippen molar-refractivity contribution in [2.75, 3.05) is 17.1 Å². The monoisotopic (exact) mass is 555 g/mol. The number of rotatable bonds is 11. The first-order valence-corrected chi connectivity index (χ1v) is 14.4. The number of carbonyl (C=O) groups is 2. The van der Waals surface area contributed by atoms with E-state index < -0.39 is 21.6 Å². The molecule has 0 aliphatic heterocycles. The normalized spacial score (nSPS) is 12.6. The minimum Gasteiger partial charge on any atom is -0.350 e. The van der Waals surface area contributed by atoms with Gasteiger partial charge in [0.15, 0.2) is 0 Å². The fourth-order valence-corrected chi connectivity index (χ4v) is 5.09. The first kappa shape index (κ1) is 29.9. The van der Waals surface area contributed by atoms with E-state index in [2.05, 4.69) is 5.32 Å². The Labute approximate surface area is 224 Å². The summed E-state index contributed by atoms with van der Waals surface area (Å²) in [4.78, 5) is 28.1. The molecule has 198 valence electrons. The number of nitrogens with one attached hydrogen (secondary N) is 1. The van der Waals surface area contributed by atoms with Crippen LogP contribution < -0.4 is 9.62 Å². The molecule has 2 amide bonds. The highest BCUT2D eigenvalue weighted by Gasteiger charge is 2.30. The summed E-state index contributed by atoms with van der Waals surface area (Å²) in [5, 5.41) is 3.72. The topological polar surface area (TPSA) is 86.8 Å². The van der Waals surface area contributed by atoms with Crippen LogP contribution in [-0.2, 0) is 26.2 Å². The van der Waals surface area contributed by atoms with Gasteiger partial charge in [-0.15, -0.1) is 0 Å². The molecule has 36 heavy (non-hydrogen) atoms. The minimum atomic E-state index is -3.53. The lowest BCUT2D eigenvalue weighted by Gasteiger charge is -2.33. The van der Waals surface area contributed by atoms with Gasteiger partial charge in [-0.05, 0) is 63.4 Å². The van der Waals surface area contributed by atoms with Crippen molar-refractivity contribution < 1.29 is 18.0 Å². The van der Waals surface area contributed by atoms with Gasteiger partial charge in [0.1, 0.15) is 6.04 Å². The Kier molecular flexibility index (Phi) is 10.6. The van der Waals surface area contributed by atoms with Gasteiger partial charge in [-0.25, -0.2) is 8.42 Å². The van der Waals surface area contributed by atoms with Crippen LogP contribution in [-0.4, -0.2) is 49.5 Å². The number of carbonyl (C=O) groups excluding carboxylic acids is 2. The van der Waals surface area contributed by atoms with E-state index in [0.29, 0.717) is 22.2 Å². The standard InChI is InChI=1S/C26H35Cl2N3O4S/c1-6-23(25(33)29-26(2,3)4)30(18-19-14-15-21(27)22(28)17-19)24(32)13-10-16-31(36(5,34)35)20-11-8-7-9-12-20/h7-9,11-12,14-15,17,23H,6,10,13,16,18H2,1-5H3,(H,29,33)/t23-/m0/s1. The molecule has 0 heterocycles. The van der Waals surface area contributed by atoms with Crippen molar-refractivity contribution in [3.8, 4) is 0 Å². The highest BCUT2D eigenvalue weighted by molar-refractivity contribution is 7.92. The van der Waals surface area contributed by atoms with Crippen LogP contribution in [0.3, 0.4) is 0 Å². The van der Waals surface area contributed by atoms with Crippen LogP contribution in [0.4, 0.5) is 5.69 Å². The van der Waals surface area contributed by atoms with Crippen molar-refractivity contribution in [1.82, 2.24) is 10.2 Å². The first-order valence-electron chi connectivity index (χ1n) is 11.8. The van der Waals surface area contributed by atoms with E-state index in [0.717, 1.165) is 11.8 Å². The van der Waals surface area contributed by atoms with Gasteiger partial charge in [0.25, 0.3) is 0 Å². The second-order valence-electron chi connectivity index (χ2n) is 9.71. The van der Waals surface area contributed by atoms with Gasteiger partial charge in [-0.2, -0.15) is 0 Å². The molecule has 10 heteroatoms. The maximum atomic E-state index is 13.5. The number of hydrogen-bond acceptors (Lipinski definition) is 4. The first-order chi connectivity index (χ1) is 16.7. The summed E-state index contributed by atoms with van der Waals surface area (Å²) in [5.41, 5.74) is 0.812. The molecule has 2 aromatic carbocycles. The SMILES string of the molecule is CC[C@@H](C(=O)NC(C)(C)C)N(Cc1ccc(Cl)c(Cl)c1)C(=O)CCCN(c1ccccc1)S(C)(=O)=O. The van der Waals surface area contributed by atoms with Crippen molar-refractivity contribution in [2.45, 2.75) is 65.1 Å². The Balaban J connectivity index is 2.25. The zero-order valence-electron chi connectivity index (χ0n) is 21.4. The van der Waals surface area contributed by atoms with Gasteiger partial charge in [0.2, 0.25) is 21.8 Å². The van der Waals surface area contributed by atoms with Gasteiger partial charge in [0, 0.05) is 25.0 Å². The van der Waals surface area contributed by atoms with Crippen molar-refractivity contribution >= 4 is 50.7 Å². The molecule has 0 fully saturated rings. The Morgan fingerprint density at radius 1 is 1.03 bits per heavy atom. The van der Waals surface area contributed by atoms with E-state index in [1.165, 1.54) is 9.21 Å². The zero-order chi connectivity index (χ0) is 27.1. The van der Waals surface area contributed by atoms with Crippen LogP contribution in [0.1, 0.15) is 52.5 Å². The molecule has 1 N–H and O–H groups in total. The fourth-order valence-electron chi connectivity index (χ4n) is 3.81. The molecule has 2 rings (SSSR count). The number of benzene rings is 2. The molecular formula is C26H35Cl2N3O4S. The lowest BCUT2D eigenvalue weighted by molar-refractivity contribution is -0.142. The van der Waals surface area contributed by atoms with Crippen LogP contribution in [0.5, 0.6) is 0 Å². The molecule has 0 radical (unpaired) electrons. The van der Waals surface area contributed by atoms with Crippen LogP contribution in [0.15, 0.2) is 48.5 Å². The van der Waals surface area contributed by atoms with Crippen LogP contribution >= 0.6 is 23.2 Å². The summed E-state index contributed by atoms with van der Waals surface area (Å²) in [6.45, 7) is 7.80. The minimum absolute atomic E-state index is 0.0689. The largest absolute Gasteiger partial charge is 0.350 e. The molecule has 7 nitrogen and oxygen atoms in total. The zero-order valence-corrected chi connectivity index (χ0v) is 23.8. The highest BCUT2D eigenvalue weighted by Crippen LogP contribution is 2.25. The average molecular weight is 557 g/mol. The number of para-hydroxylation sites is 1. The van der Waals surface area contributed by atoms with E-state index >= 15 is 0 Å². The van der Waals surface area contributed by atoms with Crippen LogP contribution in [0, 0.1) is 0 Å². The molecule has 0 unspecified atom stereocenters. The Hall–Kier alpha value is -2.29. The second kappa shape index (κ2) is 12.8. The van der Waals surface area contributed by atoms with Crippen molar-refractivity contribution in [2.24, 2.45) is 0 Å². The lowest BCUT2D eigenvalue weighted by atomic mass is 10.0. The van der Waals surface area contributed by atoms with E-state index in [1.54, 1.807) is 42.5 Å². The molecule has 2 aromatic rings. The third-order valence-corrected chi connectivity index (χ3v) is 7.35. The van der Waals surface area contributed by atoms with Crippen molar-refractivity contribution in [1.29, 1.82) is 0 Å². The molecule has 0 aromatic heterocycles. The average Bonchev–Trinajstić information content (AvgIpc) is 2.77. The lowest BCUT2D eigenvalue weighted by Crippen LogP contribution is -2.53. The van der Waals surface area contributed by atoms with Crippen LogP contribution in [0.25, 0.3) is 0 Å². The summed E-state index contributed by atoms with van der Waals surface area (Å²) in [6, 6.07) is 13.2. The van der Waals surface area contributed by atoms with Gasteiger partial charge in [-0.1, -0.05) is 54.4 Å². The molecule has 0 bridgehead atoms. The molecule has 1 atom stereocenters. The quantitative estimate of drug-likeness (QED) is 0.409. The number of anilines is 1. The molecular weight excluding hydrogens is 521 g/mol. The summed E-state index contributed by atoms with van der Waals surface area (Å²) >= 11 is 12.2. The number of hydrogen-bond donors (Lipinski definition) is 1. The Morgan fingerprint density at radius 2 is 1.67 bits per heavy atom. The molecule has 0 saturated carbocycles. The van der Waals surface area contributed by atoms with E-state index in [1.807, 2.05) is 33.8 Å². The Morgan fingerprint density at radius 3 is 2.19 bits per heavy atom. The molecule has 0 aliphatic carbocycles. The van der Waals surface area contributed by atoms with E-state index in [4.69, 9.17) is 23.2 Å². The fraction of sp³-hybridized carbons (Fsp3) is 0.462. The summed E-state index contributed by atoms with van der Waals surface area (Å²) in [6.07, 6.45) is 1.91. The molecule has 0 spiro atoms. The predicted octanol–water partition coefficient (Wildman–Crippen LogP) is 5.26. The summed E-state index contributed by atoms with van der Waals surface area (Å²) < 4.78 is 26.0. The highest BCUT2D eigenvalue weighted by atomic mass is 35.5. The third-order valence-electron chi connectivity index (χ3n) is 5.42. The van der Waals surface area contributed by atoms with Gasteiger partial charge >= 0.3 is 0 Å². The van der Waals surface area contributed by atoms with Crippen molar-refractivity contribution in [3.05, 3.63) is 64.1 Å². The number of halogens is 2. The van der Waals surface area contributed by atoms with Crippen molar-refractivity contribution in [3.63, 3.8) is 0 Å². The number of amides is 2. The third kappa shape index (κ3) is 8.98. The number of sulfonamides is 1. The number of nitrogens with zero attached hydrogens (tertiary/aromatic N) is 2. The van der Waals surface area contributed by atoms with Gasteiger partial charge in [0.05, 0.1) is 22.0 Å². The van der Waals surface area contributed by atoms with Gasteiger partial charge < -0.3 is 10.2 Å². The smallest absolute Gasteiger partial charge is 0.243 e. The van der Waals surface area contributed by atoms with Gasteiger partial charge in [-0.3, -0.25) is 13.9 Å². The summed E-state index contributed by atoms with van der Waals surface area (Å²) in [5.74, 6) is -0.501. The maximum Gasteiger partial charge on any atom is 0.243 e. The molecule has 0 aliphatic rings. The maximum absolute atomic E-state index is 13.5.